The van der Waals surface area contributed by atoms with Crippen molar-refractivity contribution in [1.29, 1.82) is 0 Å². The molecule has 2 aliphatic heterocycles. The van der Waals surface area contributed by atoms with E-state index in [4.69, 9.17) is 4.74 Å². The van der Waals surface area contributed by atoms with E-state index in [0.717, 1.165) is 14.1 Å². The summed E-state index contributed by atoms with van der Waals surface area (Å²) in [5.74, 6) is -1.74. The van der Waals surface area contributed by atoms with Gasteiger partial charge in [0.2, 0.25) is 21.8 Å². The molecular formula is C16H20N2O6S2. The molecule has 26 heavy (non-hydrogen) atoms. The van der Waals surface area contributed by atoms with Gasteiger partial charge in [0.15, 0.2) is 0 Å². The largest absolute Gasteiger partial charge is 0.468 e. The maximum Gasteiger partial charge on any atom is 0.328 e. The van der Waals surface area contributed by atoms with E-state index < -0.39 is 27.8 Å². The summed E-state index contributed by atoms with van der Waals surface area (Å²) in [6, 6.07) is 0.716. The summed E-state index contributed by atoms with van der Waals surface area (Å²) in [7, 11) is -2.64. The summed E-state index contributed by atoms with van der Waals surface area (Å²) in [6.45, 7) is -0.0294. The predicted octanol–water partition coefficient (Wildman–Crippen LogP) is 0.689. The van der Waals surface area contributed by atoms with Crippen LogP contribution in [0, 0.1) is 0 Å². The second-order valence-corrected chi connectivity index (χ2v) is 9.24. The molecule has 1 fully saturated rings. The number of imide groups is 1. The maximum absolute atomic E-state index is 12.9. The summed E-state index contributed by atoms with van der Waals surface area (Å²) in [4.78, 5) is 38.0. The van der Waals surface area contributed by atoms with Crippen molar-refractivity contribution in [2.24, 2.45) is 0 Å². The lowest BCUT2D eigenvalue weighted by Gasteiger charge is -2.33. The molecule has 0 aliphatic carbocycles. The van der Waals surface area contributed by atoms with Crippen molar-refractivity contribution in [3.63, 3.8) is 0 Å². The summed E-state index contributed by atoms with van der Waals surface area (Å²) in [5, 5.41) is 1.82. The van der Waals surface area contributed by atoms with E-state index in [-0.39, 0.29) is 37.7 Å². The minimum atomic E-state index is -3.86. The molecule has 0 aromatic carbocycles. The number of carbonyl (C=O) groups excluding carboxylic acids is 3. The van der Waals surface area contributed by atoms with Gasteiger partial charge in [-0.15, -0.1) is 11.3 Å². The molecule has 1 unspecified atom stereocenters. The SMILES string of the molecule is COC(=O)C1c2ccsc2CCN1S(=O)(=O)CCN1C(=O)CCCC1=O. The van der Waals surface area contributed by atoms with Crippen LogP contribution in [0.3, 0.4) is 0 Å². The Morgan fingerprint density at radius 2 is 1.96 bits per heavy atom. The molecule has 0 N–H and O–H groups in total. The van der Waals surface area contributed by atoms with Gasteiger partial charge in [-0.05, 0) is 29.9 Å². The van der Waals surface area contributed by atoms with Crippen LogP contribution in [0.2, 0.25) is 0 Å². The second kappa shape index (κ2) is 7.45. The molecule has 0 radical (unpaired) electrons. The van der Waals surface area contributed by atoms with Crippen LogP contribution in [0.5, 0.6) is 0 Å². The highest BCUT2D eigenvalue weighted by molar-refractivity contribution is 7.89. The number of rotatable bonds is 5. The molecule has 1 atom stereocenters. The molecule has 1 aromatic rings. The number of ether oxygens (including phenoxy) is 1. The maximum atomic E-state index is 12.9. The zero-order chi connectivity index (χ0) is 18.9. The highest BCUT2D eigenvalue weighted by atomic mass is 32.2. The minimum Gasteiger partial charge on any atom is -0.468 e. The quantitative estimate of drug-likeness (QED) is 0.532. The first-order valence-electron chi connectivity index (χ1n) is 8.32. The number of methoxy groups -OCH3 is 1. The zero-order valence-corrected chi connectivity index (χ0v) is 16.0. The first-order valence-corrected chi connectivity index (χ1v) is 10.8. The van der Waals surface area contributed by atoms with Gasteiger partial charge >= 0.3 is 5.97 Å². The lowest BCUT2D eigenvalue weighted by molar-refractivity contribution is -0.148. The standard InChI is InChI=1S/C16H20N2O6S2/c1-24-16(21)15-11-6-9-25-12(11)5-7-18(15)26(22,23)10-8-17-13(19)3-2-4-14(17)20/h6,9,15H,2-5,7-8,10H2,1H3. The summed E-state index contributed by atoms with van der Waals surface area (Å²) < 4.78 is 31.7. The summed E-state index contributed by atoms with van der Waals surface area (Å²) >= 11 is 1.48. The van der Waals surface area contributed by atoms with Crippen LogP contribution in [-0.4, -0.2) is 61.4 Å². The molecule has 1 aromatic heterocycles. The third-order valence-corrected chi connectivity index (χ3v) is 7.46. The van der Waals surface area contributed by atoms with Gasteiger partial charge in [0.05, 0.1) is 12.9 Å². The third-order valence-electron chi connectivity index (χ3n) is 4.66. The number of hydrogen-bond donors (Lipinski definition) is 0. The van der Waals surface area contributed by atoms with E-state index >= 15 is 0 Å². The Balaban J connectivity index is 1.80. The van der Waals surface area contributed by atoms with Crippen molar-refractivity contribution in [1.82, 2.24) is 9.21 Å². The molecule has 3 rings (SSSR count). The number of fused-ring (bicyclic) bond motifs is 1. The Morgan fingerprint density at radius 3 is 2.62 bits per heavy atom. The molecule has 0 bridgehead atoms. The lowest BCUT2D eigenvalue weighted by atomic mass is 10.0. The first-order chi connectivity index (χ1) is 12.3. The Hall–Kier alpha value is -1.78. The van der Waals surface area contributed by atoms with Crippen LogP contribution in [0.1, 0.15) is 35.7 Å². The number of carbonyl (C=O) groups is 3. The molecule has 0 saturated carbocycles. The number of nitrogens with zero attached hydrogens (tertiary/aromatic N) is 2. The Bertz CT molecular complexity index is 816. The number of sulfonamides is 1. The van der Waals surface area contributed by atoms with E-state index in [1.54, 1.807) is 6.07 Å². The zero-order valence-electron chi connectivity index (χ0n) is 14.3. The fourth-order valence-electron chi connectivity index (χ4n) is 3.32. The summed E-state index contributed by atoms with van der Waals surface area (Å²) in [6.07, 6.45) is 1.51. The van der Waals surface area contributed by atoms with Crippen LogP contribution in [0.25, 0.3) is 0 Å². The van der Waals surface area contributed by atoms with Crippen molar-refractivity contribution in [2.75, 3.05) is 26.0 Å². The van der Waals surface area contributed by atoms with Crippen LogP contribution < -0.4 is 0 Å². The van der Waals surface area contributed by atoms with E-state index in [1.807, 2.05) is 5.38 Å². The first kappa shape index (κ1) is 19.0. The van der Waals surface area contributed by atoms with Crippen molar-refractivity contribution in [3.05, 3.63) is 21.9 Å². The molecule has 0 spiro atoms. The van der Waals surface area contributed by atoms with Crippen molar-refractivity contribution in [3.8, 4) is 0 Å². The van der Waals surface area contributed by atoms with Gasteiger partial charge in [-0.3, -0.25) is 14.5 Å². The topological polar surface area (TPSA) is 101 Å². The number of likely N-dealkylation sites (tertiary alicyclic amines) is 1. The van der Waals surface area contributed by atoms with Crippen molar-refractivity contribution < 1.29 is 27.5 Å². The molecule has 2 amide bonds. The fourth-order valence-corrected chi connectivity index (χ4v) is 5.76. The fraction of sp³-hybridized carbons (Fsp3) is 0.562. The van der Waals surface area contributed by atoms with Gasteiger partial charge in [0.25, 0.3) is 0 Å². The Morgan fingerprint density at radius 1 is 1.27 bits per heavy atom. The molecule has 3 heterocycles. The number of thiophene rings is 1. The summed E-state index contributed by atoms with van der Waals surface area (Å²) in [5.41, 5.74) is 0.641. The van der Waals surface area contributed by atoms with E-state index in [0.29, 0.717) is 18.4 Å². The highest BCUT2D eigenvalue weighted by Crippen LogP contribution is 2.35. The molecule has 2 aliphatic rings. The lowest BCUT2D eigenvalue weighted by Crippen LogP contribution is -2.48. The number of hydrogen-bond acceptors (Lipinski definition) is 7. The normalized spacial score (nSPS) is 21.6. The van der Waals surface area contributed by atoms with Crippen molar-refractivity contribution >= 4 is 39.1 Å². The minimum absolute atomic E-state index is 0.164. The van der Waals surface area contributed by atoms with Gasteiger partial charge in [-0.2, -0.15) is 4.31 Å². The van der Waals surface area contributed by atoms with E-state index in [1.165, 1.54) is 18.4 Å². The molecule has 142 valence electrons. The molecular weight excluding hydrogens is 380 g/mol. The average molecular weight is 400 g/mol. The number of amides is 2. The smallest absolute Gasteiger partial charge is 0.328 e. The van der Waals surface area contributed by atoms with Crippen molar-refractivity contribution in [2.45, 2.75) is 31.7 Å². The Kier molecular flexibility index (Phi) is 5.44. The second-order valence-electron chi connectivity index (χ2n) is 6.19. The van der Waals surface area contributed by atoms with Crippen LogP contribution >= 0.6 is 11.3 Å². The molecule has 8 nitrogen and oxygen atoms in total. The van der Waals surface area contributed by atoms with Gasteiger partial charge in [0, 0.05) is 30.8 Å². The van der Waals surface area contributed by atoms with Crippen LogP contribution in [0.4, 0.5) is 0 Å². The van der Waals surface area contributed by atoms with E-state index in [9.17, 15) is 22.8 Å². The van der Waals surface area contributed by atoms with Gasteiger partial charge in [-0.1, -0.05) is 0 Å². The van der Waals surface area contributed by atoms with Gasteiger partial charge in [0.1, 0.15) is 6.04 Å². The van der Waals surface area contributed by atoms with E-state index in [2.05, 4.69) is 0 Å². The third kappa shape index (κ3) is 3.53. The van der Waals surface area contributed by atoms with Gasteiger partial charge < -0.3 is 4.74 Å². The average Bonchev–Trinajstić information content (AvgIpc) is 3.08. The highest BCUT2D eigenvalue weighted by Gasteiger charge is 2.41. The molecule has 10 heteroatoms. The number of esters is 1. The van der Waals surface area contributed by atoms with Crippen LogP contribution in [-0.2, 0) is 35.6 Å². The molecule has 1 saturated heterocycles. The number of piperidine rings is 1. The predicted molar refractivity (Wildman–Crippen MR) is 93.8 cm³/mol. The monoisotopic (exact) mass is 400 g/mol. The Labute approximate surface area is 155 Å². The van der Waals surface area contributed by atoms with Crippen LogP contribution in [0.15, 0.2) is 11.4 Å². The van der Waals surface area contributed by atoms with Gasteiger partial charge in [-0.25, -0.2) is 13.2 Å².